The van der Waals surface area contributed by atoms with Crippen LogP contribution in [-0.2, 0) is 6.42 Å². The molecule has 1 aliphatic carbocycles. The van der Waals surface area contributed by atoms with E-state index in [0.29, 0.717) is 0 Å². The van der Waals surface area contributed by atoms with Gasteiger partial charge in [-0.3, -0.25) is 0 Å². The fourth-order valence-corrected chi connectivity index (χ4v) is 5.54. The first kappa shape index (κ1) is 13.5. The van der Waals surface area contributed by atoms with Crippen LogP contribution in [0.2, 0.25) is 0 Å². The van der Waals surface area contributed by atoms with Gasteiger partial charge in [-0.15, -0.1) is 0 Å². The number of allylic oxidation sites excluding steroid dienone is 1. The van der Waals surface area contributed by atoms with E-state index < -0.39 is 7.92 Å². The molecule has 0 aliphatic heterocycles. The quantitative estimate of drug-likeness (QED) is 0.641. The highest BCUT2D eigenvalue weighted by Crippen LogP contribution is 2.36. The van der Waals surface area contributed by atoms with Gasteiger partial charge in [-0.25, -0.2) is 0 Å². The molecule has 106 valence electrons. The second kappa shape index (κ2) is 5.91. The molecule has 0 heterocycles. The predicted octanol–water partition coefficient (Wildman–Crippen LogP) is 4.01. The van der Waals surface area contributed by atoms with Gasteiger partial charge in [0.15, 0.2) is 0 Å². The molecular weight excluding hydrogens is 283 g/mol. The van der Waals surface area contributed by atoms with E-state index in [-0.39, 0.29) is 0 Å². The third-order valence-corrected chi connectivity index (χ3v) is 6.57. The van der Waals surface area contributed by atoms with E-state index in [9.17, 15) is 0 Å². The molecule has 22 heavy (non-hydrogen) atoms. The molecule has 0 radical (unpaired) electrons. The molecule has 3 aromatic rings. The highest BCUT2D eigenvalue weighted by atomic mass is 31.1. The van der Waals surface area contributed by atoms with E-state index in [1.54, 1.807) is 0 Å². The smallest absolute Gasteiger partial charge is 0.00759 e. The van der Waals surface area contributed by atoms with Crippen molar-refractivity contribution in [2.75, 3.05) is 0 Å². The van der Waals surface area contributed by atoms with E-state index >= 15 is 0 Å². The summed E-state index contributed by atoms with van der Waals surface area (Å²) < 4.78 is 0. The van der Waals surface area contributed by atoms with Crippen LogP contribution in [0.25, 0.3) is 6.08 Å². The molecule has 3 aromatic carbocycles. The van der Waals surface area contributed by atoms with E-state index in [1.807, 2.05) is 0 Å². The summed E-state index contributed by atoms with van der Waals surface area (Å²) in [6.07, 6.45) is 5.64. The van der Waals surface area contributed by atoms with Gasteiger partial charge in [0.05, 0.1) is 0 Å². The largest absolute Gasteiger partial charge is 0.0795 e. The van der Waals surface area contributed by atoms with Crippen molar-refractivity contribution < 1.29 is 0 Å². The SMILES string of the molecule is C1=Cc2c(cccc2P(c2ccccc2)c2ccccc2)C1. The third-order valence-electron chi connectivity index (χ3n) is 4.07. The maximum absolute atomic E-state index is 2.31. The van der Waals surface area contributed by atoms with Crippen molar-refractivity contribution in [3.8, 4) is 0 Å². The number of benzene rings is 3. The van der Waals surface area contributed by atoms with Crippen molar-refractivity contribution in [3.05, 3.63) is 96.1 Å². The minimum atomic E-state index is -0.500. The fraction of sp³-hybridized carbons (Fsp3) is 0.0476. The zero-order chi connectivity index (χ0) is 14.8. The Morgan fingerprint density at radius 1 is 0.636 bits per heavy atom. The molecule has 4 rings (SSSR count). The molecule has 0 saturated heterocycles. The van der Waals surface area contributed by atoms with Crippen LogP contribution in [0.3, 0.4) is 0 Å². The summed E-state index contributed by atoms with van der Waals surface area (Å²) in [6.45, 7) is 0. The Hall–Kier alpha value is -2.17. The van der Waals surface area contributed by atoms with Gasteiger partial charge in [0.25, 0.3) is 0 Å². The summed E-state index contributed by atoms with van der Waals surface area (Å²) in [6, 6.07) is 28.6. The molecular formula is C21H17P. The van der Waals surface area contributed by atoms with Gasteiger partial charge in [-0.1, -0.05) is 91.0 Å². The summed E-state index contributed by atoms with van der Waals surface area (Å²) >= 11 is 0. The lowest BCUT2D eigenvalue weighted by Gasteiger charge is -2.21. The van der Waals surface area contributed by atoms with Gasteiger partial charge in [-0.05, 0) is 41.4 Å². The maximum Gasteiger partial charge on any atom is -0.00759 e. The van der Waals surface area contributed by atoms with Gasteiger partial charge in [0.2, 0.25) is 0 Å². The molecule has 0 aromatic heterocycles. The van der Waals surface area contributed by atoms with Crippen molar-refractivity contribution in [2.24, 2.45) is 0 Å². The Balaban J connectivity index is 1.93. The Morgan fingerprint density at radius 3 is 1.91 bits per heavy atom. The maximum atomic E-state index is 2.31. The zero-order valence-electron chi connectivity index (χ0n) is 12.3. The van der Waals surface area contributed by atoms with Crippen LogP contribution < -0.4 is 15.9 Å². The zero-order valence-corrected chi connectivity index (χ0v) is 13.2. The fourth-order valence-electron chi connectivity index (χ4n) is 3.05. The van der Waals surface area contributed by atoms with Crippen LogP contribution in [0.15, 0.2) is 84.9 Å². The molecule has 0 spiro atoms. The number of hydrogen-bond acceptors (Lipinski definition) is 0. The van der Waals surface area contributed by atoms with Gasteiger partial charge >= 0.3 is 0 Å². The Labute approximate surface area is 132 Å². The van der Waals surface area contributed by atoms with Gasteiger partial charge in [-0.2, -0.15) is 0 Å². The standard InChI is InChI=1S/C21H17P/c1-3-11-18(12-4-1)22(19-13-5-2-6-14-19)21-16-8-10-17-9-7-15-20(17)21/h1-8,10-16H,9H2. The first-order valence-corrected chi connectivity index (χ1v) is 8.96. The van der Waals surface area contributed by atoms with E-state index in [1.165, 1.54) is 27.0 Å². The highest BCUT2D eigenvalue weighted by Gasteiger charge is 2.20. The second-order valence-electron chi connectivity index (χ2n) is 5.46. The number of fused-ring (bicyclic) bond motifs is 1. The van der Waals surface area contributed by atoms with Crippen molar-refractivity contribution in [1.29, 1.82) is 0 Å². The topological polar surface area (TPSA) is 0 Å². The van der Waals surface area contributed by atoms with Crippen molar-refractivity contribution in [1.82, 2.24) is 0 Å². The number of hydrogen-bond donors (Lipinski definition) is 0. The summed E-state index contributed by atoms with van der Waals surface area (Å²) in [5.74, 6) is 0. The normalized spacial score (nSPS) is 12.6. The molecule has 0 unspecified atom stereocenters. The molecule has 0 fully saturated rings. The molecule has 1 aliphatic rings. The van der Waals surface area contributed by atoms with E-state index in [0.717, 1.165) is 6.42 Å². The molecule has 0 atom stereocenters. The van der Waals surface area contributed by atoms with E-state index in [4.69, 9.17) is 0 Å². The minimum absolute atomic E-state index is 0.500. The first-order chi connectivity index (χ1) is 10.9. The summed E-state index contributed by atoms with van der Waals surface area (Å²) in [5, 5.41) is 4.30. The summed E-state index contributed by atoms with van der Waals surface area (Å²) in [4.78, 5) is 0. The Morgan fingerprint density at radius 2 is 1.27 bits per heavy atom. The molecule has 1 heteroatoms. The van der Waals surface area contributed by atoms with Crippen LogP contribution in [0, 0.1) is 0 Å². The van der Waals surface area contributed by atoms with Gasteiger partial charge in [0, 0.05) is 0 Å². The van der Waals surface area contributed by atoms with Gasteiger partial charge < -0.3 is 0 Å². The van der Waals surface area contributed by atoms with Crippen LogP contribution in [0.4, 0.5) is 0 Å². The van der Waals surface area contributed by atoms with Crippen LogP contribution in [-0.4, -0.2) is 0 Å². The lowest BCUT2D eigenvalue weighted by atomic mass is 10.1. The Kier molecular flexibility index (Phi) is 3.62. The summed E-state index contributed by atoms with van der Waals surface area (Å²) in [5.41, 5.74) is 2.89. The minimum Gasteiger partial charge on any atom is -0.0795 e. The van der Waals surface area contributed by atoms with Crippen molar-refractivity contribution in [2.45, 2.75) is 6.42 Å². The second-order valence-corrected chi connectivity index (χ2v) is 7.65. The first-order valence-electron chi connectivity index (χ1n) is 7.62. The lowest BCUT2D eigenvalue weighted by Crippen LogP contribution is -2.22. The average molecular weight is 300 g/mol. The molecule has 0 bridgehead atoms. The van der Waals surface area contributed by atoms with Gasteiger partial charge in [0.1, 0.15) is 0 Å². The molecule has 0 nitrogen and oxygen atoms in total. The molecule has 0 amide bonds. The summed E-state index contributed by atoms with van der Waals surface area (Å²) in [7, 11) is -0.500. The average Bonchev–Trinajstić information content (AvgIpc) is 3.07. The van der Waals surface area contributed by atoms with Crippen LogP contribution in [0.5, 0.6) is 0 Å². The third kappa shape index (κ3) is 2.40. The van der Waals surface area contributed by atoms with Crippen LogP contribution in [0.1, 0.15) is 11.1 Å². The monoisotopic (exact) mass is 300 g/mol. The predicted molar refractivity (Wildman–Crippen MR) is 97.9 cm³/mol. The highest BCUT2D eigenvalue weighted by molar-refractivity contribution is 7.80. The van der Waals surface area contributed by atoms with Crippen LogP contribution >= 0.6 is 7.92 Å². The van der Waals surface area contributed by atoms with Crippen molar-refractivity contribution >= 4 is 29.9 Å². The number of rotatable bonds is 3. The van der Waals surface area contributed by atoms with E-state index in [2.05, 4.69) is 91.0 Å². The molecule has 0 saturated carbocycles. The van der Waals surface area contributed by atoms with Crippen molar-refractivity contribution in [3.63, 3.8) is 0 Å². The lowest BCUT2D eigenvalue weighted by molar-refractivity contribution is 1.32. The molecule has 0 N–H and O–H groups in total. The Bertz CT molecular complexity index is 764.